The minimum atomic E-state index is -0.691. The van der Waals surface area contributed by atoms with E-state index in [0.717, 1.165) is 5.56 Å². The molecule has 0 aliphatic rings. The van der Waals surface area contributed by atoms with Gasteiger partial charge in [0.25, 0.3) is 5.91 Å². The normalized spacial score (nSPS) is 11.5. The van der Waals surface area contributed by atoms with E-state index in [-0.39, 0.29) is 17.7 Å². The maximum absolute atomic E-state index is 12.9. The van der Waals surface area contributed by atoms with Crippen LogP contribution in [-0.2, 0) is 11.2 Å². The Hall–Kier alpha value is -3.42. The molecule has 0 aliphatic carbocycles. The molecule has 0 bridgehead atoms. The fourth-order valence-electron chi connectivity index (χ4n) is 3.39. The van der Waals surface area contributed by atoms with Gasteiger partial charge in [-0.25, -0.2) is 0 Å². The smallest absolute Gasteiger partial charge is 0.252 e. The summed E-state index contributed by atoms with van der Waals surface area (Å²) in [6.07, 6.45) is 0.615. The van der Waals surface area contributed by atoms with Crippen LogP contribution in [0, 0.1) is 5.92 Å². The third-order valence-corrected chi connectivity index (χ3v) is 5.17. The zero-order valence-electron chi connectivity index (χ0n) is 20.9. The van der Waals surface area contributed by atoms with Crippen molar-refractivity contribution in [1.82, 2.24) is 10.6 Å². The summed E-state index contributed by atoms with van der Waals surface area (Å²) < 4.78 is 21.7. The van der Waals surface area contributed by atoms with E-state index in [9.17, 15) is 9.59 Å². The van der Waals surface area contributed by atoms with Crippen LogP contribution in [0.1, 0.15) is 43.6 Å². The van der Waals surface area contributed by atoms with Gasteiger partial charge in [0.2, 0.25) is 5.91 Å². The molecule has 2 amide bonds. The summed E-state index contributed by atoms with van der Waals surface area (Å²) in [6.45, 7) is 9.13. The molecule has 0 radical (unpaired) electrons. The fourth-order valence-corrected chi connectivity index (χ4v) is 3.39. The molecular formula is C26H36N2O6. The Morgan fingerprint density at radius 2 is 1.50 bits per heavy atom. The topological polar surface area (TPSA) is 95.1 Å². The quantitative estimate of drug-likeness (QED) is 0.462. The first kappa shape index (κ1) is 26.8. The van der Waals surface area contributed by atoms with Crippen LogP contribution in [0.5, 0.6) is 23.0 Å². The van der Waals surface area contributed by atoms with Gasteiger partial charge in [-0.05, 0) is 56.0 Å². The van der Waals surface area contributed by atoms with E-state index in [1.807, 2.05) is 45.9 Å². The molecule has 8 heteroatoms. The average molecular weight is 473 g/mol. The van der Waals surface area contributed by atoms with Crippen molar-refractivity contribution >= 4 is 11.8 Å². The first-order valence-electron chi connectivity index (χ1n) is 11.5. The summed E-state index contributed by atoms with van der Waals surface area (Å²) in [7, 11) is 3.03. The molecule has 2 rings (SSSR count). The lowest BCUT2D eigenvalue weighted by molar-refractivity contribution is -0.123. The molecule has 0 spiro atoms. The Morgan fingerprint density at radius 3 is 2.06 bits per heavy atom. The van der Waals surface area contributed by atoms with Gasteiger partial charge in [-0.3, -0.25) is 9.59 Å². The maximum atomic E-state index is 12.9. The van der Waals surface area contributed by atoms with Crippen molar-refractivity contribution in [1.29, 1.82) is 0 Å². The van der Waals surface area contributed by atoms with Crippen molar-refractivity contribution in [3.63, 3.8) is 0 Å². The van der Waals surface area contributed by atoms with E-state index < -0.39 is 6.04 Å². The van der Waals surface area contributed by atoms with Crippen LogP contribution in [0.25, 0.3) is 0 Å². The lowest BCUT2D eigenvalue weighted by atomic mass is 10.0. The average Bonchev–Trinajstić information content (AvgIpc) is 2.83. The number of hydrogen-bond acceptors (Lipinski definition) is 6. The van der Waals surface area contributed by atoms with Crippen molar-refractivity contribution in [3.05, 3.63) is 47.5 Å². The van der Waals surface area contributed by atoms with Gasteiger partial charge in [0.05, 0.1) is 27.4 Å². The second kappa shape index (κ2) is 13.3. The van der Waals surface area contributed by atoms with E-state index in [0.29, 0.717) is 54.7 Å². The number of hydrogen-bond donors (Lipinski definition) is 2. The molecule has 2 aromatic rings. The summed E-state index contributed by atoms with van der Waals surface area (Å²) in [5, 5.41) is 5.76. The lowest BCUT2D eigenvalue weighted by Gasteiger charge is -2.22. The Labute approximate surface area is 201 Å². The number of amides is 2. The molecule has 186 valence electrons. The van der Waals surface area contributed by atoms with Crippen LogP contribution in [0.15, 0.2) is 36.4 Å². The van der Waals surface area contributed by atoms with Gasteiger partial charge in [0.15, 0.2) is 11.5 Å². The fraction of sp³-hybridized carbons (Fsp3) is 0.462. The summed E-state index contributed by atoms with van der Waals surface area (Å²) in [4.78, 5) is 25.7. The highest BCUT2D eigenvalue weighted by atomic mass is 16.5. The van der Waals surface area contributed by atoms with Gasteiger partial charge in [-0.15, -0.1) is 0 Å². The van der Waals surface area contributed by atoms with Crippen molar-refractivity contribution in [2.45, 2.75) is 40.2 Å². The van der Waals surface area contributed by atoms with Crippen LogP contribution < -0.4 is 29.6 Å². The van der Waals surface area contributed by atoms with Gasteiger partial charge in [-0.1, -0.05) is 19.9 Å². The number of nitrogens with one attached hydrogen (secondary N) is 2. The minimum Gasteiger partial charge on any atom is -0.497 e. The summed E-state index contributed by atoms with van der Waals surface area (Å²) in [5.74, 6) is 1.66. The highest BCUT2D eigenvalue weighted by Crippen LogP contribution is 2.28. The molecule has 1 unspecified atom stereocenters. The SMILES string of the molecule is CCOc1ccc(CCNC(=O)C(NC(=O)c2cc(OC)cc(OC)c2)C(C)C)cc1OCC. The highest BCUT2D eigenvalue weighted by Gasteiger charge is 2.25. The molecule has 1 atom stereocenters. The van der Waals surface area contributed by atoms with Gasteiger partial charge < -0.3 is 29.6 Å². The number of rotatable bonds is 13. The predicted octanol–water partition coefficient (Wildman–Crippen LogP) is 3.61. The first-order valence-corrected chi connectivity index (χ1v) is 11.5. The first-order chi connectivity index (χ1) is 16.3. The third-order valence-electron chi connectivity index (χ3n) is 5.17. The molecule has 0 fully saturated rings. The highest BCUT2D eigenvalue weighted by molar-refractivity contribution is 5.98. The number of ether oxygens (including phenoxy) is 4. The molecule has 2 N–H and O–H groups in total. The summed E-state index contributed by atoms with van der Waals surface area (Å²) in [6, 6.07) is 9.97. The zero-order valence-corrected chi connectivity index (χ0v) is 20.9. The molecule has 0 aromatic heterocycles. The van der Waals surface area contributed by atoms with Crippen LogP contribution in [0.3, 0.4) is 0 Å². The molecule has 0 heterocycles. The summed E-state index contributed by atoms with van der Waals surface area (Å²) in [5.41, 5.74) is 1.37. The Balaban J connectivity index is 2.01. The molecule has 34 heavy (non-hydrogen) atoms. The molecule has 0 aliphatic heterocycles. The largest absolute Gasteiger partial charge is 0.497 e. The number of methoxy groups -OCH3 is 2. The number of benzene rings is 2. The van der Waals surface area contributed by atoms with Gasteiger partial charge >= 0.3 is 0 Å². The zero-order chi connectivity index (χ0) is 25.1. The van der Waals surface area contributed by atoms with Crippen molar-refractivity contribution in [3.8, 4) is 23.0 Å². The number of carbonyl (C=O) groups excluding carboxylic acids is 2. The second-order valence-corrected chi connectivity index (χ2v) is 7.98. The van der Waals surface area contributed by atoms with Crippen LogP contribution in [-0.4, -0.2) is 51.8 Å². The standard InChI is InChI=1S/C26H36N2O6/c1-7-33-22-10-9-18(13-23(22)34-8-2)11-12-27-26(30)24(17(3)4)28-25(29)19-14-20(31-5)16-21(15-19)32-6/h9-10,13-17,24H,7-8,11-12H2,1-6H3,(H,27,30)(H,28,29). The lowest BCUT2D eigenvalue weighted by Crippen LogP contribution is -2.50. The van der Waals surface area contributed by atoms with E-state index >= 15 is 0 Å². The molecule has 0 saturated carbocycles. The maximum Gasteiger partial charge on any atom is 0.252 e. The third kappa shape index (κ3) is 7.57. The molecular weight excluding hydrogens is 436 g/mol. The van der Waals surface area contributed by atoms with Crippen LogP contribution >= 0.6 is 0 Å². The molecule has 8 nitrogen and oxygen atoms in total. The van der Waals surface area contributed by atoms with E-state index in [1.54, 1.807) is 18.2 Å². The van der Waals surface area contributed by atoms with Gasteiger partial charge in [0, 0.05) is 18.2 Å². The van der Waals surface area contributed by atoms with Crippen LogP contribution in [0.2, 0.25) is 0 Å². The Morgan fingerprint density at radius 1 is 0.882 bits per heavy atom. The van der Waals surface area contributed by atoms with Crippen molar-refractivity contribution < 1.29 is 28.5 Å². The Bertz CT molecular complexity index is 938. The molecule has 0 saturated heterocycles. The van der Waals surface area contributed by atoms with Crippen molar-refractivity contribution in [2.24, 2.45) is 5.92 Å². The minimum absolute atomic E-state index is 0.105. The van der Waals surface area contributed by atoms with Gasteiger partial charge in [-0.2, -0.15) is 0 Å². The summed E-state index contributed by atoms with van der Waals surface area (Å²) >= 11 is 0. The Kier molecular flexibility index (Phi) is 10.5. The van der Waals surface area contributed by atoms with Crippen molar-refractivity contribution in [2.75, 3.05) is 34.0 Å². The predicted molar refractivity (Wildman–Crippen MR) is 131 cm³/mol. The monoisotopic (exact) mass is 472 g/mol. The van der Waals surface area contributed by atoms with E-state index in [2.05, 4.69) is 10.6 Å². The molecule has 2 aromatic carbocycles. The van der Waals surface area contributed by atoms with Gasteiger partial charge in [0.1, 0.15) is 17.5 Å². The van der Waals surface area contributed by atoms with E-state index in [4.69, 9.17) is 18.9 Å². The number of carbonyl (C=O) groups is 2. The van der Waals surface area contributed by atoms with E-state index in [1.165, 1.54) is 14.2 Å². The second-order valence-electron chi connectivity index (χ2n) is 7.98. The van der Waals surface area contributed by atoms with Crippen LogP contribution in [0.4, 0.5) is 0 Å².